The van der Waals surface area contributed by atoms with Crippen LogP contribution in [-0.2, 0) is 0 Å². The van der Waals surface area contributed by atoms with Gasteiger partial charge in [-0.05, 0) is 60.2 Å². The molecule has 0 radical (unpaired) electrons. The largest absolute Gasteiger partial charge is 0.497 e. The second-order valence-electron chi connectivity index (χ2n) is 6.45. The zero-order valence-electron chi connectivity index (χ0n) is 15.7. The van der Waals surface area contributed by atoms with Gasteiger partial charge in [0.25, 0.3) is 0 Å². The number of carbonyl (C=O) groups excluding carboxylic acids is 1. The van der Waals surface area contributed by atoms with Gasteiger partial charge >= 0.3 is 0 Å². The van der Waals surface area contributed by atoms with Crippen molar-refractivity contribution < 1.29 is 9.53 Å². The van der Waals surface area contributed by atoms with E-state index in [2.05, 4.69) is 16.0 Å². The summed E-state index contributed by atoms with van der Waals surface area (Å²) in [4.78, 5) is 20.5. The second-order valence-corrected chi connectivity index (χ2v) is 6.45. The topological polar surface area (TPSA) is 78.2 Å². The molecule has 0 amide bonds. The lowest BCUT2D eigenvalue weighted by Gasteiger charge is -2.08. The zero-order valence-corrected chi connectivity index (χ0v) is 15.7. The summed E-state index contributed by atoms with van der Waals surface area (Å²) in [6.07, 6.45) is 7.21. The molecule has 1 N–H and O–H groups in total. The van der Waals surface area contributed by atoms with E-state index in [0.29, 0.717) is 22.4 Å². The third-order valence-electron chi connectivity index (χ3n) is 4.68. The van der Waals surface area contributed by atoms with Gasteiger partial charge in [-0.1, -0.05) is 12.1 Å². The lowest BCUT2D eigenvalue weighted by molar-refractivity contribution is 0.103. The van der Waals surface area contributed by atoms with Crippen molar-refractivity contribution in [3.8, 4) is 11.8 Å². The van der Waals surface area contributed by atoms with Crippen LogP contribution in [0.3, 0.4) is 0 Å². The number of aliphatic imine (C=N–C) groups is 1. The average molecular weight is 379 g/mol. The van der Waals surface area contributed by atoms with Crippen LogP contribution >= 0.6 is 0 Å². The van der Waals surface area contributed by atoms with E-state index in [0.717, 1.165) is 22.5 Å². The smallest absolute Gasteiger partial charge is 0.194 e. The van der Waals surface area contributed by atoms with Gasteiger partial charge in [0, 0.05) is 34.8 Å². The molecule has 2 aromatic carbocycles. The monoisotopic (exact) mass is 379 g/mol. The van der Waals surface area contributed by atoms with Crippen molar-refractivity contribution in [1.29, 1.82) is 5.26 Å². The first-order chi connectivity index (χ1) is 14.2. The predicted octanol–water partition coefficient (Wildman–Crippen LogP) is 4.53. The molecule has 0 saturated heterocycles. The van der Waals surface area contributed by atoms with Gasteiger partial charge in [0.2, 0.25) is 0 Å². The van der Waals surface area contributed by atoms with Gasteiger partial charge in [-0.2, -0.15) is 5.26 Å². The fourth-order valence-electron chi connectivity index (χ4n) is 3.18. The van der Waals surface area contributed by atoms with E-state index in [1.54, 1.807) is 55.9 Å². The van der Waals surface area contributed by atoms with Crippen LogP contribution in [0.25, 0.3) is 5.57 Å². The number of nitrogens with zero attached hydrogens (tertiary/aromatic N) is 2. The third-order valence-corrected chi connectivity index (χ3v) is 4.68. The lowest BCUT2D eigenvalue weighted by atomic mass is 9.98. The number of hydrogen-bond donors (Lipinski definition) is 1. The van der Waals surface area contributed by atoms with Crippen LogP contribution in [-0.4, -0.2) is 24.1 Å². The predicted molar refractivity (Wildman–Crippen MR) is 112 cm³/mol. The van der Waals surface area contributed by atoms with E-state index in [4.69, 9.17) is 10.00 Å². The molecule has 1 aliphatic rings. The molecule has 1 aromatic heterocycles. The minimum atomic E-state index is -0.0789. The Hall–Kier alpha value is -4.17. The van der Waals surface area contributed by atoms with Gasteiger partial charge in [-0.3, -0.25) is 9.79 Å². The van der Waals surface area contributed by atoms with Gasteiger partial charge in [0.1, 0.15) is 5.75 Å². The Morgan fingerprint density at radius 1 is 1.03 bits per heavy atom. The number of ether oxygens (including phenoxy) is 1. The third kappa shape index (κ3) is 3.64. The molecule has 1 aliphatic heterocycles. The number of aromatic amines is 1. The van der Waals surface area contributed by atoms with E-state index in [1.165, 1.54) is 0 Å². The van der Waals surface area contributed by atoms with E-state index in [9.17, 15) is 4.79 Å². The number of hydrogen-bond acceptors (Lipinski definition) is 4. The fraction of sp³-hybridized carbons (Fsp3) is 0.0417. The van der Waals surface area contributed by atoms with E-state index >= 15 is 0 Å². The summed E-state index contributed by atoms with van der Waals surface area (Å²) in [5.41, 5.74) is 5.09. The van der Waals surface area contributed by atoms with Crippen molar-refractivity contribution in [3.63, 3.8) is 0 Å². The maximum Gasteiger partial charge on any atom is 0.194 e. The number of methoxy groups -OCH3 is 1. The van der Waals surface area contributed by atoms with Crippen LogP contribution in [0.1, 0.15) is 32.7 Å². The molecule has 0 unspecified atom stereocenters. The highest BCUT2D eigenvalue weighted by Crippen LogP contribution is 2.30. The maximum absolute atomic E-state index is 12.9. The molecule has 3 aromatic rings. The Morgan fingerprint density at radius 2 is 1.76 bits per heavy atom. The number of ketones is 1. The van der Waals surface area contributed by atoms with Crippen LogP contribution in [0.15, 0.2) is 83.6 Å². The Balaban J connectivity index is 1.72. The molecule has 0 spiro atoms. The fourth-order valence-corrected chi connectivity index (χ4v) is 3.18. The molecule has 140 valence electrons. The number of aromatic nitrogens is 1. The van der Waals surface area contributed by atoms with Gasteiger partial charge in [-0.15, -0.1) is 0 Å². The minimum Gasteiger partial charge on any atom is -0.497 e. The lowest BCUT2D eigenvalue weighted by Crippen LogP contribution is -1.99. The van der Waals surface area contributed by atoms with Gasteiger partial charge in [0.05, 0.1) is 24.4 Å². The molecular weight excluding hydrogens is 362 g/mol. The first kappa shape index (κ1) is 18.2. The Bertz CT molecular complexity index is 1170. The highest BCUT2D eigenvalue weighted by molar-refractivity contribution is 6.09. The normalized spacial score (nSPS) is 13.9. The molecule has 0 aliphatic carbocycles. The molecule has 5 heteroatoms. The van der Waals surface area contributed by atoms with Gasteiger partial charge in [0.15, 0.2) is 5.78 Å². The number of H-pyrrole nitrogens is 1. The molecule has 0 bridgehead atoms. The summed E-state index contributed by atoms with van der Waals surface area (Å²) in [7, 11) is 1.59. The molecule has 29 heavy (non-hydrogen) atoms. The van der Waals surface area contributed by atoms with Crippen molar-refractivity contribution in [2.75, 3.05) is 7.11 Å². The number of nitriles is 1. The SMILES string of the molecule is COc1ccc(C(=O)c2c[nH]c(/C(=C3\C=CC=N3)c3ccc(C#N)cc3)c2)cc1. The number of nitrogens with one attached hydrogen (secondary N) is 1. The van der Waals surface area contributed by atoms with Crippen molar-refractivity contribution in [2.45, 2.75) is 0 Å². The van der Waals surface area contributed by atoms with Crippen molar-refractivity contribution in [2.24, 2.45) is 4.99 Å². The molecule has 0 atom stereocenters. The summed E-state index contributed by atoms with van der Waals surface area (Å²) < 4.78 is 5.15. The quantitative estimate of drug-likeness (QED) is 0.662. The van der Waals surface area contributed by atoms with Crippen LogP contribution in [0, 0.1) is 11.3 Å². The molecule has 0 saturated carbocycles. The Morgan fingerprint density at radius 3 is 2.38 bits per heavy atom. The average Bonchev–Trinajstić information content (AvgIpc) is 3.47. The maximum atomic E-state index is 12.9. The second kappa shape index (κ2) is 7.83. The first-order valence-corrected chi connectivity index (χ1v) is 9.02. The van der Waals surface area contributed by atoms with E-state index in [-0.39, 0.29) is 5.78 Å². The molecule has 4 rings (SSSR count). The van der Waals surface area contributed by atoms with Crippen LogP contribution < -0.4 is 4.74 Å². The van der Waals surface area contributed by atoms with Crippen molar-refractivity contribution >= 4 is 17.6 Å². The summed E-state index contributed by atoms with van der Waals surface area (Å²) in [6.45, 7) is 0. The van der Waals surface area contributed by atoms with E-state index < -0.39 is 0 Å². The van der Waals surface area contributed by atoms with Crippen LogP contribution in [0.5, 0.6) is 5.75 Å². The molecule has 0 fully saturated rings. The Labute approximate surface area is 168 Å². The summed E-state index contributed by atoms with van der Waals surface area (Å²) >= 11 is 0. The highest BCUT2D eigenvalue weighted by Gasteiger charge is 2.17. The molecule has 5 nitrogen and oxygen atoms in total. The summed E-state index contributed by atoms with van der Waals surface area (Å²) in [5.74, 6) is 0.625. The first-order valence-electron chi connectivity index (χ1n) is 9.02. The molecular formula is C24H17N3O2. The molecule has 2 heterocycles. The standard InChI is InChI=1S/C24H17N3O2/c1-29-20-10-8-18(9-11-20)24(28)19-13-22(27-15-19)23(21-3-2-12-26-21)17-6-4-16(14-25)5-7-17/h2-13,15,27H,1H3/b23-21+. The van der Waals surface area contributed by atoms with Gasteiger partial charge < -0.3 is 9.72 Å². The van der Waals surface area contributed by atoms with Gasteiger partial charge in [-0.25, -0.2) is 0 Å². The van der Waals surface area contributed by atoms with Crippen molar-refractivity contribution in [3.05, 3.63) is 107 Å². The number of carbonyl (C=O) groups is 1. The summed E-state index contributed by atoms with van der Waals surface area (Å²) in [6, 6.07) is 18.3. The number of benzene rings is 2. The van der Waals surface area contributed by atoms with Crippen molar-refractivity contribution in [1.82, 2.24) is 4.98 Å². The highest BCUT2D eigenvalue weighted by atomic mass is 16.5. The number of rotatable bonds is 5. The zero-order chi connectivity index (χ0) is 20.2. The Kier molecular flexibility index (Phi) is 4.91. The van der Waals surface area contributed by atoms with Crippen LogP contribution in [0.4, 0.5) is 0 Å². The number of allylic oxidation sites excluding steroid dienone is 2. The minimum absolute atomic E-state index is 0.0789. The summed E-state index contributed by atoms with van der Waals surface area (Å²) in [5, 5.41) is 9.05. The van der Waals surface area contributed by atoms with E-state index in [1.807, 2.05) is 30.4 Å². The van der Waals surface area contributed by atoms with Crippen LogP contribution in [0.2, 0.25) is 0 Å².